The van der Waals surface area contributed by atoms with E-state index in [0.29, 0.717) is 17.4 Å². The summed E-state index contributed by atoms with van der Waals surface area (Å²) in [5.41, 5.74) is 3.77. The van der Waals surface area contributed by atoms with E-state index in [1.807, 2.05) is 24.3 Å². The number of rotatable bonds is 2. The molecule has 0 saturated heterocycles. The van der Waals surface area contributed by atoms with E-state index in [0.717, 1.165) is 23.3 Å². The van der Waals surface area contributed by atoms with Crippen molar-refractivity contribution in [3.05, 3.63) is 65.5 Å². The summed E-state index contributed by atoms with van der Waals surface area (Å²) in [6, 6.07) is 18.4. The first-order chi connectivity index (χ1) is 9.86. The van der Waals surface area contributed by atoms with Gasteiger partial charge >= 0.3 is 0 Å². The minimum Gasteiger partial charge on any atom is -0.342 e. The number of H-pyrrole nitrogens is 1. The van der Waals surface area contributed by atoms with Crippen LogP contribution in [0.25, 0.3) is 11.0 Å². The molecule has 4 rings (SSSR count). The number of fused-ring (bicyclic) bond motifs is 1. The van der Waals surface area contributed by atoms with Gasteiger partial charge in [0.2, 0.25) is 0 Å². The summed E-state index contributed by atoms with van der Waals surface area (Å²) in [6.45, 7) is 0. The summed E-state index contributed by atoms with van der Waals surface area (Å²) in [6.07, 6.45) is 1.13. The fourth-order valence-electron chi connectivity index (χ4n) is 2.88. The van der Waals surface area contributed by atoms with E-state index in [2.05, 4.69) is 40.3 Å². The molecule has 1 aliphatic carbocycles. The van der Waals surface area contributed by atoms with Crippen molar-refractivity contribution in [2.24, 2.45) is 0 Å². The molecule has 2 unspecified atom stereocenters. The summed E-state index contributed by atoms with van der Waals surface area (Å²) in [7, 11) is 0. The van der Waals surface area contributed by atoms with E-state index in [9.17, 15) is 0 Å². The van der Waals surface area contributed by atoms with Gasteiger partial charge in [0.05, 0.1) is 11.1 Å². The highest BCUT2D eigenvalue weighted by atomic mass is 14.9. The van der Waals surface area contributed by atoms with E-state index < -0.39 is 0 Å². The van der Waals surface area contributed by atoms with E-state index in [-0.39, 0.29) is 0 Å². The molecule has 96 valence electrons. The smallest absolute Gasteiger partial charge is 0.111 e. The van der Waals surface area contributed by atoms with Gasteiger partial charge in [-0.3, -0.25) is 0 Å². The van der Waals surface area contributed by atoms with Gasteiger partial charge in [-0.15, -0.1) is 0 Å². The number of nitrogens with one attached hydrogen (secondary N) is 1. The number of hydrogen-bond acceptors (Lipinski definition) is 2. The van der Waals surface area contributed by atoms with Gasteiger partial charge in [0.15, 0.2) is 0 Å². The third kappa shape index (κ3) is 1.70. The van der Waals surface area contributed by atoms with Crippen LogP contribution in [-0.2, 0) is 0 Å². The van der Waals surface area contributed by atoms with Crippen molar-refractivity contribution >= 4 is 11.0 Å². The molecule has 3 nitrogen and oxygen atoms in total. The Kier molecular flexibility index (Phi) is 2.37. The molecule has 1 aromatic heterocycles. The zero-order valence-corrected chi connectivity index (χ0v) is 10.9. The second-order valence-electron chi connectivity index (χ2n) is 5.29. The Morgan fingerprint density at radius 2 is 1.90 bits per heavy atom. The van der Waals surface area contributed by atoms with Crippen LogP contribution < -0.4 is 0 Å². The maximum absolute atomic E-state index is 9.13. The van der Waals surface area contributed by atoms with Crippen LogP contribution in [-0.4, -0.2) is 9.97 Å². The molecule has 0 amide bonds. The van der Waals surface area contributed by atoms with Crippen LogP contribution in [0.2, 0.25) is 0 Å². The molecule has 1 fully saturated rings. The molecule has 3 heteroatoms. The molecule has 1 heterocycles. The quantitative estimate of drug-likeness (QED) is 0.762. The van der Waals surface area contributed by atoms with Crippen molar-refractivity contribution in [1.29, 1.82) is 5.26 Å². The van der Waals surface area contributed by atoms with Gasteiger partial charge < -0.3 is 4.98 Å². The molecular formula is C17H13N3. The molecule has 2 atom stereocenters. The average molecular weight is 259 g/mol. The van der Waals surface area contributed by atoms with Crippen LogP contribution in [0.5, 0.6) is 0 Å². The number of aromatic nitrogens is 2. The fourth-order valence-corrected chi connectivity index (χ4v) is 2.88. The van der Waals surface area contributed by atoms with Gasteiger partial charge in [0, 0.05) is 5.92 Å². The predicted octanol–water partition coefficient (Wildman–Crippen LogP) is 3.71. The number of hydrogen-bond donors (Lipinski definition) is 1. The Labute approximate surface area is 116 Å². The van der Waals surface area contributed by atoms with Crippen LogP contribution in [0.3, 0.4) is 0 Å². The topological polar surface area (TPSA) is 52.5 Å². The number of imidazole rings is 1. The van der Waals surface area contributed by atoms with Crippen LogP contribution in [0, 0.1) is 11.3 Å². The molecule has 3 aromatic rings. The lowest BCUT2D eigenvalue weighted by Gasteiger charge is -1.97. The Hall–Kier alpha value is -2.60. The molecule has 1 N–H and O–H groups in total. The third-order valence-electron chi connectivity index (χ3n) is 4.02. The Morgan fingerprint density at radius 1 is 1.05 bits per heavy atom. The maximum atomic E-state index is 9.13. The highest BCUT2D eigenvalue weighted by Crippen LogP contribution is 2.53. The molecule has 0 spiro atoms. The Balaban J connectivity index is 1.70. The second-order valence-corrected chi connectivity index (χ2v) is 5.29. The largest absolute Gasteiger partial charge is 0.342 e. The van der Waals surface area contributed by atoms with Gasteiger partial charge in [-0.05, 0) is 30.0 Å². The first-order valence-corrected chi connectivity index (χ1v) is 6.80. The van der Waals surface area contributed by atoms with Gasteiger partial charge in [-0.2, -0.15) is 5.26 Å². The summed E-state index contributed by atoms with van der Waals surface area (Å²) in [5.74, 6) is 2.02. The molecule has 20 heavy (non-hydrogen) atoms. The number of aromatic amines is 1. The molecule has 0 bridgehead atoms. The minimum atomic E-state index is 0.455. The minimum absolute atomic E-state index is 0.455. The van der Waals surface area contributed by atoms with E-state index in [1.54, 1.807) is 0 Å². The standard InChI is InChI=1S/C17H13N3/c18-10-12-7-4-8-15-16(12)20-17(19-15)14-9-13(14)11-5-2-1-3-6-11/h1-8,13-14H,9H2,(H,19,20). The zero-order valence-electron chi connectivity index (χ0n) is 10.9. The average Bonchev–Trinajstić information content (AvgIpc) is 3.19. The third-order valence-corrected chi connectivity index (χ3v) is 4.02. The monoisotopic (exact) mass is 259 g/mol. The first kappa shape index (κ1) is 11.2. The van der Waals surface area contributed by atoms with Crippen LogP contribution in [0.15, 0.2) is 48.5 Å². The van der Waals surface area contributed by atoms with Gasteiger partial charge in [0.25, 0.3) is 0 Å². The van der Waals surface area contributed by atoms with Crippen molar-refractivity contribution in [1.82, 2.24) is 9.97 Å². The molecule has 1 aliphatic rings. The lowest BCUT2D eigenvalue weighted by Crippen LogP contribution is -1.86. The van der Waals surface area contributed by atoms with Crippen LogP contribution in [0.1, 0.15) is 35.2 Å². The molecule has 0 aliphatic heterocycles. The predicted molar refractivity (Wildman–Crippen MR) is 77.3 cm³/mol. The van der Waals surface area contributed by atoms with Crippen molar-refractivity contribution in [3.8, 4) is 6.07 Å². The SMILES string of the molecule is N#Cc1cccc2[nH]c(C3CC3c3ccccc3)nc12. The summed E-state index contributed by atoms with van der Waals surface area (Å²) >= 11 is 0. The van der Waals surface area contributed by atoms with E-state index in [1.165, 1.54) is 5.56 Å². The first-order valence-electron chi connectivity index (χ1n) is 6.80. The Morgan fingerprint density at radius 3 is 2.70 bits per heavy atom. The molecule has 2 aromatic carbocycles. The van der Waals surface area contributed by atoms with Crippen molar-refractivity contribution in [2.45, 2.75) is 18.3 Å². The Bertz CT molecular complexity index is 811. The van der Waals surface area contributed by atoms with Crippen molar-refractivity contribution in [3.63, 3.8) is 0 Å². The zero-order chi connectivity index (χ0) is 13.5. The van der Waals surface area contributed by atoms with Crippen molar-refractivity contribution in [2.75, 3.05) is 0 Å². The number of nitriles is 1. The summed E-state index contributed by atoms with van der Waals surface area (Å²) in [5, 5.41) is 9.13. The summed E-state index contributed by atoms with van der Waals surface area (Å²) < 4.78 is 0. The lowest BCUT2D eigenvalue weighted by atomic mass is 10.1. The maximum Gasteiger partial charge on any atom is 0.111 e. The second kappa shape index (κ2) is 4.21. The number of para-hydroxylation sites is 1. The summed E-state index contributed by atoms with van der Waals surface area (Å²) in [4.78, 5) is 8.01. The van der Waals surface area contributed by atoms with E-state index >= 15 is 0 Å². The van der Waals surface area contributed by atoms with Crippen LogP contribution in [0.4, 0.5) is 0 Å². The highest BCUT2D eigenvalue weighted by Gasteiger charge is 2.41. The molecule has 1 saturated carbocycles. The normalized spacial score (nSPS) is 20.8. The lowest BCUT2D eigenvalue weighted by molar-refractivity contribution is 0.938. The van der Waals surface area contributed by atoms with Gasteiger partial charge in [-0.1, -0.05) is 36.4 Å². The highest BCUT2D eigenvalue weighted by molar-refractivity contribution is 5.81. The molecule has 0 radical (unpaired) electrons. The number of nitrogens with zero attached hydrogens (tertiary/aromatic N) is 2. The number of benzene rings is 2. The van der Waals surface area contributed by atoms with Crippen molar-refractivity contribution < 1.29 is 0 Å². The van der Waals surface area contributed by atoms with Crippen LogP contribution >= 0.6 is 0 Å². The van der Waals surface area contributed by atoms with Gasteiger partial charge in [-0.25, -0.2) is 4.98 Å². The van der Waals surface area contributed by atoms with E-state index in [4.69, 9.17) is 5.26 Å². The van der Waals surface area contributed by atoms with Gasteiger partial charge in [0.1, 0.15) is 17.4 Å². The fraction of sp³-hybridized carbons (Fsp3) is 0.176. The molecular weight excluding hydrogens is 246 g/mol.